The van der Waals surface area contributed by atoms with Crippen LogP contribution in [0.5, 0.6) is 5.88 Å². The van der Waals surface area contributed by atoms with Gasteiger partial charge in [-0.3, -0.25) is 0 Å². The number of hydrogen-bond acceptors (Lipinski definition) is 4. The summed E-state index contributed by atoms with van der Waals surface area (Å²) in [5.41, 5.74) is 0.918. The van der Waals surface area contributed by atoms with Crippen LogP contribution in [-0.4, -0.2) is 35.9 Å². The van der Waals surface area contributed by atoms with Crippen LogP contribution in [0.4, 0.5) is 4.79 Å². The topological polar surface area (TPSA) is 83.5 Å². The van der Waals surface area contributed by atoms with Crippen LogP contribution in [0.15, 0.2) is 18.3 Å². The molecule has 0 spiro atoms. The van der Waals surface area contributed by atoms with Gasteiger partial charge in [-0.2, -0.15) is 0 Å². The Morgan fingerprint density at radius 2 is 2.25 bits per heavy atom. The highest BCUT2D eigenvalue weighted by Gasteiger charge is 2.21. The molecular weight excluding hydrogens is 258 g/mol. The third-order valence-corrected chi connectivity index (χ3v) is 3.03. The van der Waals surface area contributed by atoms with Gasteiger partial charge in [0.2, 0.25) is 5.88 Å². The number of carbonyl (C=O) groups is 1. The third-order valence-electron chi connectivity index (χ3n) is 3.03. The monoisotopic (exact) mass is 279 g/mol. The zero-order chi connectivity index (χ0) is 14.2. The van der Waals surface area contributed by atoms with Gasteiger partial charge in [-0.1, -0.05) is 6.07 Å². The maximum absolute atomic E-state index is 11.4. The summed E-state index contributed by atoms with van der Waals surface area (Å²) >= 11 is 0. The van der Waals surface area contributed by atoms with Gasteiger partial charge < -0.3 is 20.5 Å². The standard InChI is InChI=1S/C14H21N3O3/c18-7-1-6-15-14(19)17-9-12-4-5-13(16-8-12)20-10-11-2-3-11/h4-5,8,11,18H,1-3,6-7,9-10H2,(H2,15,17,19). The molecule has 6 nitrogen and oxygen atoms in total. The van der Waals surface area contributed by atoms with Gasteiger partial charge in [0.25, 0.3) is 0 Å². The van der Waals surface area contributed by atoms with E-state index in [1.165, 1.54) is 12.8 Å². The van der Waals surface area contributed by atoms with Crippen LogP contribution in [0, 0.1) is 5.92 Å². The lowest BCUT2D eigenvalue weighted by molar-refractivity contribution is 0.237. The average Bonchev–Trinajstić information content (AvgIpc) is 3.28. The molecule has 0 aliphatic heterocycles. The van der Waals surface area contributed by atoms with E-state index in [2.05, 4.69) is 15.6 Å². The first kappa shape index (κ1) is 14.6. The highest BCUT2D eigenvalue weighted by molar-refractivity contribution is 5.73. The summed E-state index contributed by atoms with van der Waals surface area (Å²) in [6.45, 7) is 1.71. The Bertz CT molecular complexity index is 418. The fraction of sp³-hybridized carbons (Fsp3) is 0.571. The number of hydrogen-bond donors (Lipinski definition) is 3. The summed E-state index contributed by atoms with van der Waals surface area (Å²) in [6, 6.07) is 3.47. The SMILES string of the molecule is O=C(NCCCO)NCc1ccc(OCC2CC2)nc1. The minimum Gasteiger partial charge on any atom is -0.477 e. The molecule has 0 aromatic carbocycles. The van der Waals surface area contributed by atoms with Crippen molar-refractivity contribution >= 4 is 6.03 Å². The predicted octanol–water partition coefficient (Wildman–Crippen LogP) is 1.05. The molecule has 0 bridgehead atoms. The maximum atomic E-state index is 11.4. The van der Waals surface area contributed by atoms with E-state index >= 15 is 0 Å². The fourth-order valence-electron chi connectivity index (χ4n) is 1.61. The van der Waals surface area contributed by atoms with Crippen LogP contribution >= 0.6 is 0 Å². The van der Waals surface area contributed by atoms with Gasteiger partial charge in [-0.05, 0) is 30.7 Å². The van der Waals surface area contributed by atoms with Crippen LogP contribution in [0.1, 0.15) is 24.8 Å². The van der Waals surface area contributed by atoms with E-state index in [-0.39, 0.29) is 12.6 Å². The molecule has 1 heterocycles. The van der Waals surface area contributed by atoms with Crippen molar-refractivity contribution < 1.29 is 14.6 Å². The summed E-state index contributed by atoms with van der Waals surface area (Å²) in [6.07, 6.45) is 4.78. The molecule has 1 fully saturated rings. The molecule has 0 atom stereocenters. The highest BCUT2D eigenvalue weighted by atomic mass is 16.5. The molecule has 2 amide bonds. The quantitative estimate of drug-likeness (QED) is 0.621. The van der Waals surface area contributed by atoms with E-state index in [1.54, 1.807) is 6.20 Å². The van der Waals surface area contributed by atoms with Crippen LogP contribution < -0.4 is 15.4 Å². The van der Waals surface area contributed by atoms with Crippen LogP contribution in [-0.2, 0) is 6.54 Å². The molecule has 1 aromatic heterocycles. The Labute approximate surface area is 118 Å². The van der Waals surface area contributed by atoms with Crippen molar-refractivity contribution in [3.05, 3.63) is 23.9 Å². The summed E-state index contributed by atoms with van der Waals surface area (Å²) in [5, 5.41) is 14.0. The Kier molecular flexibility index (Phi) is 5.61. The maximum Gasteiger partial charge on any atom is 0.315 e. The second-order valence-electron chi connectivity index (χ2n) is 4.95. The van der Waals surface area contributed by atoms with Crippen molar-refractivity contribution in [3.8, 4) is 5.88 Å². The van der Waals surface area contributed by atoms with E-state index in [0.717, 1.165) is 12.2 Å². The number of pyridine rings is 1. The minimum atomic E-state index is -0.243. The lowest BCUT2D eigenvalue weighted by atomic mass is 10.3. The fourth-order valence-corrected chi connectivity index (χ4v) is 1.61. The number of ether oxygens (including phenoxy) is 1. The molecule has 2 rings (SSSR count). The van der Waals surface area contributed by atoms with E-state index in [4.69, 9.17) is 9.84 Å². The average molecular weight is 279 g/mol. The summed E-state index contributed by atoms with van der Waals surface area (Å²) < 4.78 is 5.54. The number of nitrogens with zero attached hydrogens (tertiary/aromatic N) is 1. The van der Waals surface area contributed by atoms with Crippen molar-refractivity contribution in [2.24, 2.45) is 5.92 Å². The summed E-state index contributed by atoms with van der Waals surface area (Å²) in [4.78, 5) is 15.6. The molecular formula is C14H21N3O3. The highest BCUT2D eigenvalue weighted by Crippen LogP contribution is 2.29. The van der Waals surface area contributed by atoms with Crippen molar-refractivity contribution in [2.45, 2.75) is 25.8 Å². The number of carbonyl (C=O) groups excluding carboxylic acids is 1. The number of rotatable bonds is 8. The van der Waals surface area contributed by atoms with Crippen LogP contribution in [0.25, 0.3) is 0 Å². The normalized spacial score (nSPS) is 13.8. The zero-order valence-corrected chi connectivity index (χ0v) is 11.5. The first-order valence-corrected chi connectivity index (χ1v) is 6.98. The Morgan fingerprint density at radius 1 is 1.40 bits per heavy atom. The minimum absolute atomic E-state index is 0.0759. The van der Waals surface area contributed by atoms with E-state index in [9.17, 15) is 4.79 Å². The molecule has 0 saturated heterocycles. The lowest BCUT2D eigenvalue weighted by Crippen LogP contribution is -2.35. The summed E-state index contributed by atoms with van der Waals surface area (Å²) in [5.74, 6) is 1.34. The molecule has 1 aromatic rings. The van der Waals surface area contributed by atoms with Gasteiger partial charge in [-0.25, -0.2) is 9.78 Å². The van der Waals surface area contributed by atoms with Gasteiger partial charge in [0, 0.05) is 32.0 Å². The molecule has 1 aliphatic carbocycles. The molecule has 20 heavy (non-hydrogen) atoms. The van der Waals surface area contributed by atoms with Crippen molar-refractivity contribution in [2.75, 3.05) is 19.8 Å². The molecule has 0 radical (unpaired) electrons. The number of nitrogens with one attached hydrogen (secondary N) is 2. The van der Waals surface area contributed by atoms with E-state index in [0.29, 0.717) is 31.3 Å². The van der Waals surface area contributed by atoms with Gasteiger partial charge in [0.1, 0.15) is 0 Å². The smallest absolute Gasteiger partial charge is 0.315 e. The Morgan fingerprint density at radius 3 is 2.90 bits per heavy atom. The number of urea groups is 1. The largest absolute Gasteiger partial charge is 0.477 e. The predicted molar refractivity (Wildman–Crippen MR) is 74.4 cm³/mol. The number of aliphatic hydroxyl groups excluding tert-OH is 1. The summed E-state index contributed by atoms with van der Waals surface area (Å²) in [7, 11) is 0. The van der Waals surface area contributed by atoms with Gasteiger partial charge in [0.05, 0.1) is 6.61 Å². The molecule has 110 valence electrons. The van der Waals surface area contributed by atoms with Gasteiger partial charge in [0.15, 0.2) is 0 Å². The third kappa shape index (κ3) is 5.44. The number of aliphatic hydroxyl groups is 1. The van der Waals surface area contributed by atoms with Crippen molar-refractivity contribution in [1.82, 2.24) is 15.6 Å². The van der Waals surface area contributed by atoms with E-state index < -0.39 is 0 Å². The van der Waals surface area contributed by atoms with Crippen LogP contribution in [0.2, 0.25) is 0 Å². The second kappa shape index (κ2) is 7.69. The molecule has 0 unspecified atom stereocenters. The van der Waals surface area contributed by atoms with Crippen LogP contribution in [0.3, 0.4) is 0 Å². The van der Waals surface area contributed by atoms with Crippen molar-refractivity contribution in [3.63, 3.8) is 0 Å². The second-order valence-corrected chi connectivity index (χ2v) is 4.95. The van der Waals surface area contributed by atoms with Crippen molar-refractivity contribution in [1.29, 1.82) is 0 Å². The number of amides is 2. The Balaban J connectivity index is 1.65. The van der Waals surface area contributed by atoms with Gasteiger partial charge in [-0.15, -0.1) is 0 Å². The molecule has 1 aliphatic rings. The van der Waals surface area contributed by atoms with Gasteiger partial charge >= 0.3 is 6.03 Å². The Hall–Kier alpha value is -1.82. The first-order chi connectivity index (χ1) is 9.78. The number of aromatic nitrogens is 1. The molecule has 1 saturated carbocycles. The molecule has 3 N–H and O–H groups in total. The molecule has 6 heteroatoms. The zero-order valence-electron chi connectivity index (χ0n) is 11.5. The lowest BCUT2D eigenvalue weighted by Gasteiger charge is -2.08. The van der Waals surface area contributed by atoms with E-state index in [1.807, 2.05) is 12.1 Å². The first-order valence-electron chi connectivity index (χ1n) is 6.98.